The van der Waals surface area contributed by atoms with Gasteiger partial charge in [0.1, 0.15) is 0 Å². The highest BCUT2D eigenvalue weighted by atomic mass is 35.7. The van der Waals surface area contributed by atoms with Crippen LogP contribution in [0.5, 0.6) is 0 Å². The Morgan fingerprint density at radius 2 is 2.07 bits per heavy atom. The molecular formula is C7H9ClO4S2. The molecule has 0 aromatic carbocycles. The first-order chi connectivity index (χ1) is 6.31. The van der Waals surface area contributed by atoms with Crippen molar-refractivity contribution in [1.29, 1.82) is 0 Å². The van der Waals surface area contributed by atoms with Crippen molar-refractivity contribution in [2.75, 3.05) is 5.75 Å². The van der Waals surface area contributed by atoms with Crippen molar-refractivity contribution in [2.24, 2.45) is 0 Å². The molecule has 0 aliphatic carbocycles. The summed E-state index contributed by atoms with van der Waals surface area (Å²) in [6, 6.07) is 0. The average Bonchev–Trinajstić information content (AvgIpc) is 2.28. The van der Waals surface area contributed by atoms with E-state index in [4.69, 9.17) is 10.7 Å². The average molecular weight is 257 g/mol. The van der Waals surface area contributed by atoms with Crippen molar-refractivity contribution in [1.82, 2.24) is 0 Å². The number of hydrogen-bond acceptors (Lipinski definition) is 4. The van der Waals surface area contributed by atoms with Gasteiger partial charge >= 0.3 is 9.05 Å². The second-order valence-corrected chi connectivity index (χ2v) is 7.75. The van der Waals surface area contributed by atoms with E-state index in [1.165, 1.54) is 0 Å². The van der Waals surface area contributed by atoms with Crippen molar-refractivity contribution in [2.45, 2.75) is 24.5 Å². The van der Waals surface area contributed by atoms with Crippen molar-refractivity contribution in [3.05, 3.63) is 0 Å². The quantitative estimate of drug-likeness (QED) is 0.506. The Hall–Kier alpha value is -0.250. The van der Waals surface area contributed by atoms with Gasteiger partial charge in [0.05, 0.1) is 11.0 Å². The van der Waals surface area contributed by atoms with Crippen LogP contribution < -0.4 is 0 Å². The summed E-state index contributed by atoms with van der Waals surface area (Å²) < 4.78 is 43.4. The Balaban J connectivity index is 2.67. The lowest BCUT2D eigenvalue weighted by molar-refractivity contribution is 0.590. The number of sulfone groups is 1. The molecule has 0 aromatic heterocycles. The molecule has 14 heavy (non-hydrogen) atoms. The fraction of sp³-hybridized carbons (Fsp3) is 0.714. The van der Waals surface area contributed by atoms with Gasteiger partial charge in [-0.25, -0.2) is 8.42 Å². The first-order valence-electron chi connectivity index (χ1n) is 3.97. The van der Waals surface area contributed by atoms with Crippen LogP contribution in [0.1, 0.15) is 19.3 Å². The van der Waals surface area contributed by atoms with Gasteiger partial charge in [0.15, 0.2) is 9.84 Å². The van der Waals surface area contributed by atoms with E-state index >= 15 is 0 Å². The zero-order chi connectivity index (χ0) is 10.8. The Kier molecular flexibility index (Phi) is 3.45. The predicted octanol–water partition coefficient (Wildman–Crippen LogP) is 0.483. The van der Waals surface area contributed by atoms with Crippen LogP contribution in [-0.4, -0.2) is 27.8 Å². The lowest BCUT2D eigenvalue weighted by Gasteiger charge is -2.02. The Morgan fingerprint density at radius 3 is 2.50 bits per heavy atom. The maximum absolute atomic E-state index is 11.3. The maximum Gasteiger partial charge on any atom is 0.300 e. The second kappa shape index (κ2) is 4.09. The Labute approximate surface area is 88.0 Å². The van der Waals surface area contributed by atoms with Gasteiger partial charge in [-0.3, -0.25) is 0 Å². The SMILES string of the molecule is O=S(=O)(Cl)C#CCC1CCCS1(=O)=O. The minimum Gasteiger partial charge on any atom is -0.229 e. The standard InChI is InChI=1S/C7H9ClO4S2/c8-14(11,12)6-2-4-7-3-1-5-13(7,9)10/h7H,1,3-5H2. The lowest BCUT2D eigenvalue weighted by Crippen LogP contribution is -2.14. The molecule has 4 nitrogen and oxygen atoms in total. The van der Waals surface area contributed by atoms with E-state index < -0.39 is 24.1 Å². The van der Waals surface area contributed by atoms with Crippen LogP contribution in [0.15, 0.2) is 0 Å². The van der Waals surface area contributed by atoms with E-state index in [0.29, 0.717) is 12.8 Å². The van der Waals surface area contributed by atoms with Crippen molar-refractivity contribution < 1.29 is 16.8 Å². The topological polar surface area (TPSA) is 68.3 Å². The zero-order valence-electron chi connectivity index (χ0n) is 7.23. The molecule has 0 spiro atoms. The van der Waals surface area contributed by atoms with Crippen LogP contribution in [-0.2, 0) is 18.9 Å². The minimum absolute atomic E-state index is 0.0499. The number of halogens is 1. The van der Waals surface area contributed by atoms with Crippen LogP contribution in [0.3, 0.4) is 0 Å². The highest BCUT2D eigenvalue weighted by Crippen LogP contribution is 2.22. The fourth-order valence-electron chi connectivity index (χ4n) is 1.33. The molecule has 0 aromatic rings. The van der Waals surface area contributed by atoms with Crippen molar-refractivity contribution in [3.63, 3.8) is 0 Å². The smallest absolute Gasteiger partial charge is 0.229 e. The Bertz CT molecular complexity index is 466. The highest BCUT2D eigenvalue weighted by molar-refractivity contribution is 8.17. The molecule has 0 radical (unpaired) electrons. The van der Waals surface area contributed by atoms with Crippen LogP contribution in [0.4, 0.5) is 0 Å². The maximum atomic E-state index is 11.3. The van der Waals surface area contributed by atoms with E-state index in [1.54, 1.807) is 0 Å². The van der Waals surface area contributed by atoms with Crippen LogP contribution in [0.2, 0.25) is 0 Å². The largest absolute Gasteiger partial charge is 0.300 e. The van der Waals surface area contributed by atoms with Crippen LogP contribution in [0.25, 0.3) is 0 Å². The van der Waals surface area contributed by atoms with E-state index in [2.05, 4.69) is 5.92 Å². The van der Waals surface area contributed by atoms with E-state index in [1.807, 2.05) is 5.25 Å². The summed E-state index contributed by atoms with van der Waals surface area (Å²) in [7, 11) is -2.04. The summed E-state index contributed by atoms with van der Waals surface area (Å²) in [5.41, 5.74) is 0. The van der Waals surface area contributed by atoms with Crippen LogP contribution >= 0.6 is 10.7 Å². The van der Waals surface area contributed by atoms with Crippen molar-refractivity contribution >= 4 is 29.6 Å². The van der Waals surface area contributed by atoms with Gasteiger partial charge in [0.25, 0.3) is 0 Å². The summed E-state index contributed by atoms with van der Waals surface area (Å²) in [5, 5.41) is 1.29. The van der Waals surface area contributed by atoms with E-state index in [-0.39, 0.29) is 12.2 Å². The molecule has 1 aliphatic heterocycles. The molecule has 0 bridgehead atoms. The number of hydrogen-bond donors (Lipinski definition) is 0. The predicted molar refractivity (Wildman–Crippen MR) is 54.0 cm³/mol. The van der Waals surface area contributed by atoms with E-state index in [0.717, 1.165) is 0 Å². The first kappa shape index (κ1) is 11.8. The van der Waals surface area contributed by atoms with Gasteiger partial charge in [0.2, 0.25) is 0 Å². The monoisotopic (exact) mass is 256 g/mol. The molecule has 7 heteroatoms. The third-order valence-electron chi connectivity index (χ3n) is 1.99. The minimum atomic E-state index is -3.84. The molecule has 1 atom stereocenters. The zero-order valence-corrected chi connectivity index (χ0v) is 9.62. The molecule has 0 N–H and O–H groups in total. The molecule has 1 aliphatic rings. The highest BCUT2D eigenvalue weighted by Gasteiger charge is 2.30. The molecule has 0 amide bonds. The van der Waals surface area contributed by atoms with Gasteiger partial charge in [-0.15, -0.1) is 0 Å². The molecule has 80 valence electrons. The number of rotatable bonds is 1. The summed E-state index contributed by atoms with van der Waals surface area (Å²) in [4.78, 5) is 0. The molecule has 1 fully saturated rings. The van der Waals surface area contributed by atoms with Gasteiger partial charge in [-0.05, 0) is 12.8 Å². The first-order valence-corrected chi connectivity index (χ1v) is 7.99. The Morgan fingerprint density at radius 1 is 1.43 bits per heavy atom. The molecule has 1 unspecified atom stereocenters. The van der Waals surface area contributed by atoms with Gasteiger partial charge in [-0.1, -0.05) is 5.92 Å². The summed E-state index contributed by atoms with van der Waals surface area (Å²) >= 11 is 0. The fourth-order valence-corrected chi connectivity index (χ4v) is 3.51. The molecule has 1 heterocycles. The lowest BCUT2D eigenvalue weighted by atomic mass is 10.2. The van der Waals surface area contributed by atoms with Crippen molar-refractivity contribution in [3.8, 4) is 11.2 Å². The summed E-state index contributed by atoms with van der Waals surface area (Å²) in [5.74, 6) is 2.45. The molecule has 0 saturated carbocycles. The van der Waals surface area contributed by atoms with Gasteiger partial charge in [-0.2, -0.15) is 8.42 Å². The van der Waals surface area contributed by atoms with Gasteiger partial charge < -0.3 is 0 Å². The summed E-state index contributed by atoms with van der Waals surface area (Å²) in [6.07, 6.45) is 1.23. The third-order valence-corrected chi connectivity index (χ3v) is 4.88. The van der Waals surface area contributed by atoms with Gasteiger partial charge in [0, 0.05) is 22.4 Å². The van der Waals surface area contributed by atoms with E-state index in [9.17, 15) is 16.8 Å². The normalized spacial score (nSPS) is 25.4. The second-order valence-electron chi connectivity index (χ2n) is 3.05. The molecule has 1 saturated heterocycles. The molecule has 1 rings (SSSR count). The summed E-state index contributed by atoms with van der Waals surface area (Å²) in [6.45, 7) is 0. The molecular weight excluding hydrogens is 248 g/mol. The van der Waals surface area contributed by atoms with Crippen LogP contribution in [0, 0.1) is 11.2 Å². The third kappa shape index (κ3) is 3.48.